The predicted octanol–water partition coefficient (Wildman–Crippen LogP) is 3.76. The summed E-state index contributed by atoms with van der Waals surface area (Å²) < 4.78 is 39.7. The summed E-state index contributed by atoms with van der Waals surface area (Å²) in [6, 6.07) is 19.4. The van der Waals surface area contributed by atoms with Gasteiger partial charge in [-0.3, -0.25) is 13.9 Å². The number of likely N-dealkylation sites (N-methyl/N-ethyl adjacent to an activating group) is 1. The maximum Gasteiger partial charge on any atom is 0.264 e. The number of nitrogens with one attached hydrogen (secondary N) is 1. The number of hydrogen-bond donors (Lipinski definition) is 1. The number of rotatable bonds is 12. The van der Waals surface area contributed by atoms with Gasteiger partial charge in [0.25, 0.3) is 10.0 Å². The van der Waals surface area contributed by atoms with Gasteiger partial charge in [0, 0.05) is 13.6 Å². The van der Waals surface area contributed by atoms with Gasteiger partial charge < -0.3 is 19.7 Å². The zero-order chi connectivity index (χ0) is 28.6. The highest BCUT2D eigenvalue weighted by molar-refractivity contribution is 7.92. The highest BCUT2D eigenvalue weighted by Crippen LogP contribution is 2.32. The summed E-state index contributed by atoms with van der Waals surface area (Å²) in [4.78, 5) is 28.3. The van der Waals surface area contributed by atoms with Crippen molar-refractivity contribution in [3.05, 3.63) is 83.9 Å². The molecule has 3 aromatic rings. The number of para-hydroxylation sites is 2. The average molecular weight is 554 g/mol. The lowest BCUT2D eigenvalue weighted by Gasteiger charge is -2.33. The van der Waals surface area contributed by atoms with E-state index in [0.29, 0.717) is 17.9 Å². The van der Waals surface area contributed by atoms with Gasteiger partial charge in [-0.05, 0) is 55.3 Å². The molecule has 3 aromatic carbocycles. The number of hydrogen-bond acceptors (Lipinski definition) is 6. The fourth-order valence-corrected chi connectivity index (χ4v) is 5.66. The van der Waals surface area contributed by atoms with Gasteiger partial charge in [-0.2, -0.15) is 0 Å². The molecule has 0 fully saturated rings. The molecule has 9 nitrogen and oxygen atoms in total. The molecule has 0 radical (unpaired) electrons. The number of nitrogens with zero attached hydrogens (tertiary/aromatic N) is 2. The van der Waals surface area contributed by atoms with Crippen molar-refractivity contribution in [3.63, 3.8) is 0 Å². The van der Waals surface area contributed by atoms with Crippen LogP contribution in [0.5, 0.6) is 11.5 Å². The predicted molar refractivity (Wildman–Crippen MR) is 150 cm³/mol. The van der Waals surface area contributed by atoms with E-state index in [1.807, 2.05) is 13.0 Å². The molecule has 39 heavy (non-hydrogen) atoms. The van der Waals surface area contributed by atoms with E-state index < -0.39 is 28.5 Å². The molecule has 0 spiro atoms. The van der Waals surface area contributed by atoms with Crippen molar-refractivity contribution in [2.45, 2.75) is 37.8 Å². The Bertz CT molecular complexity index is 1390. The minimum absolute atomic E-state index is 0.0319. The van der Waals surface area contributed by atoms with E-state index in [2.05, 4.69) is 5.32 Å². The molecule has 0 aliphatic heterocycles. The van der Waals surface area contributed by atoms with Crippen LogP contribution in [0.1, 0.15) is 24.5 Å². The largest absolute Gasteiger partial charge is 0.497 e. The van der Waals surface area contributed by atoms with Gasteiger partial charge in [0.05, 0.1) is 24.8 Å². The fourth-order valence-electron chi connectivity index (χ4n) is 4.24. The van der Waals surface area contributed by atoms with Crippen LogP contribution >= 0.6 is 0 Å². The van der Waals surface area contributed by atoms with E-state index >= 15 is 0 Å². The Morgan fingerprint density at radius 3 is 2.26 bits per heavy atom. The average Bonchev–Trinajstić information content (AvgIpc) is 2.95. The second-order valence-corrected chi connectivity index (χ2v) is 10.8. The maximum atomic E-state index is 14.0. The molecule has 0 unspecified atom stereocenters. The first-order valence-electron chi connectivity index (χ1n) is 12.5. The first kappa shape index (κ1) is 29.5. The quantitative estimate of drug-likeness (QED) is 0.366. The van der Waals surface area contributed by atoms with Crippen LogP contribution in [0.3, 0.4) is 0 Å². The first-order valence-corrected chi connectivity index (χ1v) is 14.0. The molecule has 0 aromatic heterocycles. The summed E-state index contributed by atoms with van der Waals surface area (Å²) in [5.41, 5.74) is 1.84. The minimum atomic E-state index is -4.19. The Kier molecular flexibility index (Phi) is 9.95. The standard InChI is InChI=1S/C29H35N3O6S/c1-6-25(29(34)30-3)31(19-22-10-9-11-23(18-22)37-4)28(33)20-32(26-12-7-8-13-27(26)38-5)39(35,36)24-16-14-21(2)15-17-24/h7-18,25H,6,19-20H2,1-5H3,(H,30,34)/t25-/m1/s1. The Morgan fingerprint density at radius 1 is 0.949 bits per heavy atom. The summed E-state index contributed by atoms with van der Waals surface area (Å²) in [7, 11) is 0.293. The van der Waals surface area contributed by atoms with Crippen molar-refractivity contribution in [2.24, 2.45) is 0 Å². The molecule has 10 heteroatoms. The number of aryl methyl sites for hydroxylation is 1. The Balaban J connectivity index is 2.10. The smallest absolute Gasteiger partial charge is 0.264 e. The molecule has 1 atom stereocenters. The highest BCUT2D eigenvalue weighted by Gasteiger charge is 2.34. The van der Waals surface area contributed by atoms with Crippen LogP contribution in [0.2, 0.25) is 0 Å². The zero-order valence-electron chi connectivity index (χ0n) is 22.9. The van der Waals surface area contributed by atoms with E-state index in [4.69, 9.17) is 9.47 Å². The van der Waals surface area contributed by atoms with E-state index in [0.717, 1.165) is 15.4 Å². The number of methoxy groups -OCH3 is 2. The minimum Gasteiger partial charge on any atom is -0.497 e. The van der Waals surface area contributed by atoms with Gasteiger partial charge in [-0.1, -0.05) is 48.9 Å². The SMILES string of the molecule is CC[C@H](C(=O)NC)N(Cc1cccc(OC)c1)C(=O)CN(c1ccccc1OC)S(=O)(=O)c1ccc(C)cc1. The maximum absolute atomic E-state index is 14.0. The van der Waals surface area contributed by atoms with Gasteiger partial charge in [0.2, 0.25) is 11.8 Å². The van der Waals surface area contributed by atoms with Crippen molar-refractivity contribution in [2.75, 3.05) is 32.1 Å². The van der Waals surface area contributed by atoms with E-state index in [1.54, 1.807) is 68.6 Å². The number of ether oxygens (including phenoxy) is 2. The Morgan fingerprint density at radius 2 is 1.64 bits per heavy atom. The lowest BCUT2D eigenvalue weighted by molar-refractivity contribution is -0.140. The van der Waals surface area contributed by atoms with Gasteiger partial charge >= 0.3 is 0 Å². The molecule has 0 aliphatic rings. The van der Waals surface area contributed by atoms with Crippen LogP contribution < -0.4 is 19.1 Å². The monoisotopic (exact) mass is 553 g/mol. The number of anilines is 1. The van der Waals surface area contributed by atoms with E-state index in [1.165, 1.54) is 31.2 Å². The molecular formula is C29H35N3O6S. The molecule has 208 valence electrons. The van der Waals surface area contributed by atoms with Gasteiger partial charge in [0.15, 0.2) is 0 Å². The lowest BCUT2D eigenvalue weighted by atomic mass is 10.1. The number of carbonyl (C=O) groups is 2. The van der Waals surface area contributed by atoms with Gasteiger partial charge in [-0.15, -0.1) is 0 Å². The number of carbonyl (C=O) groups excluding carboxylic acids is 2. The zero-order valence-corrected chi connectivity index (χ0v) is 23.7. The number of amides is 2. The molecule has 3 rings (SSSR count). The lowest BCUT2D eigenvalue weighted by Crippen LogP contribution is -2.51. The molecule has 0 heterocycles. The molecular weight excluding hydrogens is 518 g/mol. The van der Waals surface area contributed by atoms with Gasteiger partial charge in [-0.25, -0.2) is 8.42 Å². The van der Waals surface area contributed by atoms with Crippen molar-refractivity contribution in [1.29, 1.82) is 0 Å². The summed E-state index contributed by atoms with van der Waals surface area (Å²) in [6.07, 6.45) is 0.328. The van der Waals surface area contributed by atoms with Crippen LogP contribution in [0.15, 0.2) is 77.7 Å². The molecule has 0 saturated carbocycles. The van der Waals surface area contributed by atoms with Crippen LogP contribution in [-0.2, 0) is 26.2 Å². The molecule has 0 aliphatic carbocycles. The Hall–Kier alpha value is -4.05. The molecule has 0 bridgehead atoms. The number of benzene rings is 3. The van der Waals surface area contributed by atoms with Crippen LogP contribution in [0.4, 0.5) is 5.69 Å². The summed E-state index contributed by atoms with van der Waals surface area (Å²) >= 11 is 0. The van der Waals surface area contributed by atoms with Crippen molar-refractivity contribution >= 4 is 27.5 Å². The Labute approximate surface area is 230 Å². The van der Waals surface area contributed by atoms with Crippen LogP contribution in [0.25, 0.3) is 0 Å². The molecule has 1 N–H and O–H groups in total. The highest BCUT2D eigenvalue weighted by atomic mass is 32.2. The van der Waals surface area contributed by atoms with Crippen molar-refractivity contribution in [1.82, 2.24) is 10.2 Å². The third-order valence-electron chi connectivity index (χ3n) is 6.36. The fraction of sp³-hybridized carbons (Fsp3) is 0.310. The second kappa shape index (κ2) is 13.1. The van der Waals surface area contributed by atoms with Crippen molar-refractivity contribution in [3.8, 4) is 11.5 Å². The topological polar surface area (TPSA) is 105 Å². The van der Waals surface area contributed by atoms with E-state index in [9.17, 15) is 18.0 Å². The molecule has 2 amide bonds. The van der Waals surface area contributed by atoms with Gasteiger partial charge in [0.1, 0.15) is 24.1 Å². The first-order chi connectivity index (χ1) is 18.7. The third-order valence-corrected chi connectivity index (χ3v) is 8.14. The van der Waals surface area contributed by atoms with Crippen LogP contribution in [-0.4, -0.2) is 59.0 Å². The summed E-state index contributed by atoms with van der Waals surface area (Å²) in [5, 5.41) is 2.61. The summed E-state index contributed by atoms with van der Waals surface area (Å²) in [6.45, 7) is 3.19. The van der Waals surface area contributed by atoms with E-state index in [-0.39, 0.29) is 23.0 Å². The summed E-state index contributed by atoms with van der Waals surface area (Å²) in [5.74, 6) is -0.00185. The second-order valence-electron chi connectivity index (χ2n) is 8.91. The normalized spacial score (nSPS) is 11.8. The molecule has 0 saturated heterocycles. The van der Waals surface area contributed by atoms with Crippen molar-refractivity contribution < 1.29 is 27.5 Å². The third kappa shape index (κ3) is 6.88. The van der Waals surface area contributed by atoms with Crippen LogP contribution in [0, 0.1) is 6.92 Å². The number of sulfonamides is 1.